The van der Waals surface area contributed by atoms with Crippen molar-refractivity contribution in [1.29, 1.82) is 0 Å². The van der Waals surface area contributed by atoms with Gasteiger partial charge in [-0.1, -0.05) is 48.5 Å². The van der Waals surface area contributed by atoms with Crippen molar-refractivity contribution in [3.8, 4) is 0 Å². The molecule has 1 aliphatic heterocycles. The second kappa shape index (κ2) is 8.48. The van der Waals surface area contributed by atoms with E-state index in [0.29, 0.717) is 34.7 Å². The van der Waals surface area contributed by atoms with E-state index in [-0.39, 0.29) is 45.7 Å². The summed E-state index contributed by atoms with van der Waals surface area (Å²) in [4.78, 5) is 24.6. The van der Waals surface area contributed by atoms with Gasteiger partial charge in [-0.15, -0.1) is 0 Å². The lowest BCUT2D eigenvalue weighted by Gasteiger charge is -2.73. The molecular weight excluding hydrogens is 486 g/mol. The van der Waals surface area contributed by atoms with Crippen molar-refractivity contribution in [1.82, 2.24) is 5.32 Å². The minimum Gasteiger partial charge on any atom is -0.460 e. The average Bonchev–Trinajstić information content (AvgIpc) is 3.15. The van der Waals surface area contributed by atoms with Crippen LogP contribution in [0.4, 0.5) is 0 Å². The third-order valence-corrected chi connectivity index (χ3v) is 14.7. The zero-order chi connectivity index (χ0) is 28.4. The van der Waals surface area contributed by atoms with E-state index >= 15 is 0 Å². The van der Waals surface area contributed by atoms with Gasteiger partial charge < -0.3 is 14.8 Å². The molecule has 0 radical (unpaired) electrons. The zero-order valence-corrected chi connectivity index (χ0v) is 26.2. The van der Waals surface area contributed by atoms with Crippen molar-refractivity contribution in [2.24, 2.45) is 56.2 Å². The van der Waals surface area contributed by atoms with E-state index in [1.165, 1.54) is 58.3 Å². The molecule has 5 saturated carbocycles. The number of hydrogen-bond donors (Lipinski definition) is 1. The summed E-state index contributed by atoms with van der Waals surface area (Å²) >= 11 is 0. The molecule has 0 aromatic heterocycles. The van der Waals surface area contributed by atoms with E-state index in [4.69, 9.17) is 9.47 Å². The summed E-state index contributed by atoms with van der Waals surface area (Å²) in [7, 11) is 0. The molecule has 0 aromatic rings. The summed E-state index contributed by atoms with van der Waals surface area (Å²) in [6, 6.07) is -0.145. The van der Waals surface area contributed by atoms with Gasteiger partial charge in [-0.2, -0.15) is 0 Å². The molecule has 6 fully saturated rings. The summed E-state index contributed by atoms with van der Waals surface area (Å²) in [5.74, 6) is 2.22. The Morgan fingerprint density at radius 3 is 2.18 bits per heavy atom. The highest BCUT2D eigenvalue weighted by molar-refractivity contribution is 5.73. The van der Waals surface area contributed by atoms with E-state index in [2.05, 4.69) is 53.8 Å². The molecule has 0 aromatic carbocycles. The maximum Gasteiger partial charge on any atom is 0.302 e. The van der Waals surface area contributed by atoms with Crippen LogP contribution < -0.4 is 5.32 Å². The molecule has 2 bridgehead atoms. The van der Waals surface area contributed by atoms with Gasteiger partial charge in [-0.05, 0) is 109 Å². The van der Waals surface area contributed by atoms with Crippen molar-refractivity contribution in [3.63, 3.8) is 0 Å². The smallest absolute Gasteiger partial charge is 0.302 e. The topological polar surface area (TPSA) is 64.6 Å². The molecule has 1 heterocycles. The fraction of sp³-hybridized carbons (Fsp3) is 0.941. The number of carbonyl (C=O) groups excluding carboxylic acids is 2. The molecule has 39 heavy (non-hydrogen) atoms. The van der Waals surface area contributed by atoms with Gasteiger partial charge in [0, 0.05) is 19.3 Å². The second-order valence-electron chi connectivity index (χ2n) is 17.1. The maximum atomic E-state index is 12.4. The van der Waals surface area contributed by atoms with Crippen LogP contribution in [0.25, 0.3) is 0 Å². The normalized spacial score (nSPS) is 52.9. The average molecular weight is 542 g/mol. The van der Waals surface area contributed by atoms with E-state index in [9.17, 15) is 9.59 Å². The Kier molecular flexibility index (Phi) is 6.09. The van der Waals surface area contributed by atoms with Gasteiger partial charge in [0.25, 0.3) is 0 Å². The van der Waals surface area contributed by atoms with Crippen LogP contribution in [0.1, 0.15) is 120 Å². The molecule has 5 nitrogen and oxygen atoms in total. The summed E-state index contributed by atoms with van der Waals surface area (Å²) in [5, 5.41) is 3.26. The quantitative estimate of drug-likeness (QED) is 0.385. The molecule has 5 heteroatoms. The van der Waals surface area contributed by atoms with Gasteiger partial charge >= 0.3 is 5.97 Å². The Labute approximate surface area is 237 Å². The Hall–Kier alpha value is -1.10. The number of nitrogens with one attached hydrogen (secondary N) is 1. The van der Waals surface area contributed by atoms with Crippen molar-refractivity contribution >= 4 is 11.9 Å². The predicted octanol–water partition coefficient (Wildman–Crippen LogP) is 6.92. The van der Waals surface area contributed by atoms with Crippen molar-refractivity contribution in [2.45, 2.75) is 138 Å². The standard InChI is InChI=1S/C34H55NO4/c1-20(36)35-23-18-31(7)24(30(5,6)27(23)39-21(2)37)12-13-33(9)25(31)11-10-22-26-28-29(3,4)14-16-34(26,19-38-28)17-15-32(22,33)8/h22-28H,10-19H2,1-9H3,(H,35,36)/t22-,23+,24+,25-,26+,27+,28-,31+,32-,33-,34-/m1/s1. The molecule has 0 spiro atoms. The second-order valence-corrected chi connectivity index (χ2v) is 17.1. The van der Waals surface area contributed by atoms with Crippen LogP contribution in [0.5, 0.6) is 0 Å². The van der Waals surface area contributed by atoms with Gasteiger partial charge in [-0.25, -0.2) is 0 Å². The minimum atomic E-state index is -0.292. The monoisotopic (exact) mass is 541 g/mol. The third-order valence-electron chi connectivity index (χ3n) is 14.7. The Bertz CT molecular complexity index is 1050. The molecule has 6 aliphatic rings. The van der Waals surface area contributed by atoms with Gasteiger partial charge in [0.1, 0.15) is 6.10 Å². The number of amides is 1. The van der Waals surface area contributed by atoms with Crippen LogP contribution in [0.2, 0.25) is 0 Å². The van der Waals surface area contributed by atoms with Crippen LogP contribution in [-0.2, 0) is 19.1 Å². The first-order valence-corrected chi connectivity index (χ1v) is 16.1. The first-order chi connectivity index (χ1) is 18.0. The molecule has 5 aliphatic carbocycles. The Balaban J connectivity index is 1.38. The van der Waals surface area contributed by atoms with Crippen LogP contribution in [0.15, 0.2) is 0 Å². The van der Waals surface area contributed by atoms with Crippen molar-refractivity contribution in [2.75, 3.05) is 6.61 Å². The fourth-order valence-electron chi connectivity index (χ4n) is 12.9. The lowest BCUT2D eigenvalue weighted by atomic mass is 9.31. The van der Waals surface area contributed by atoms with E-state index in [0.717, 1.165) is 18.9 Å². The minimum absolute atomic E-state index is 0.0304. The fourth-order valence-corrected chi connectivity index (χ4v) is 12.9. The van der Waals surface area contributed by atoms with E-state index in [1.807, 2.05) is 0 Å². The molecule has 220 valence electrons. The number of rotatable bonds is 2. The van der Waals surface area contributed by atoms with Gasteiger partial charge in [0.05, 0.1) is 18.8 Å². The van der Waals surface area contributed by atoms with Crippen LogP contribution in [0, 0.1) is 56.2 Å². The largest absolute Gasteiger partial charge is 0.460 e. The highest BCUT2D eigenvalue weighted by atomic mass is 16.5. The van der Waals surface area contributed by atoms with Gasteiger partial charge in [-0.3, -0.25) is 9.59 Å². The first-order valence-electron chi connectivity index (χ1n) is 16.1. The third kappa shape index (κ3) is 3.59. The lowest BCUT2D eigenvalue weighted by Crippen LogP contribution is -2.70. The van der Waals surface area contributed by atoms with Crippen LogP contribution in [0.3, 0.4) is 0 Å². The highest BCUT2D eigenvalue weighted by Crippen LogP contribution is 2.78. The van der Waals surface area contributed by atoms with Crippen molar-refractivity contribution < 1.29 is 19.1 Å². The van der Waals surface area contributed by atoms with Gasteiger partial charge in [0.2, 0.25) is 5.91 Å². The maximum absolute atomic E-state index is 12.4. The summed E-state index contributed by atoms with van der Waals surface area (Å²) in [6.45, 7) is 21.5. The van der Waals surface area contributed by atoms with Gasteiger partial charge in [0.15, 0.2) is 0 Å². The Morgan fingerprint density at radius 2 is 1.51 bits per heavy atom. The first kappa shape index (κ1) is 28.0. The highest BCUT2D eigenvalue weighted by Gasteiger charge is 2.73. The van der Waals surface area contributed by atoms with Crippen LogP contribution >= 0.6 is 0 Å². The number of ether oxygens (including phenoxy) is 2. The molecule has 11 atom stereocenters. The molecule has 1 saturated heterocycles. The summed E-state index contributed by atoms with van der Waals surface area (Å²) in [6.07, 6.45) is 11.3. The zero-order valence-electron chi connectivity index (χ0n) is 26.2. The predicted molar refractivity (Wildman–Crippen MR) is 153 cm³/mol. The SMILES string of the molecule is CC(=O)N[C@H]1C[C@]2(C)[C@H]3CC[C@@H]4[C@H]5[C@H]6OC[C@@]5(CCC6(C)C)CC[C@@]4(C)[C@]3(C)CC[C@H]2C(C)(C)[C@H]1OC(C)=O. The molecule has 1 amide bonds. The summed E-state index contributed by atoms with van der Waals surface area (Å²) < 4.78 is 12.8. The summed E-state index contributed by atoms with van der Waals surface area (Å²) in [5.41, 5.74) is 1.13. The molecule has 6 rings (SSSR count). The molecule has 0 unspecified atom stereocenters. The number of hydrogen-bond acceptors (Lipinski definition) is 4. The van der Waals surface area contributed by atoms with E-state index < -0.39 is 0 Å². The van der Waals surface area contributed by atoms with Crippen molar-refractivity contribution in [3.05, 3.63) is 0 Å². The molecular formula is C34H55NO4. The van der Waals surface area contributed by atoms with E-state index in [1.54, 1.807) is 6.92 Å². The number of carbonyl (C=O) groups is 2. The lowest BCUT2D eigenvalue weighted by molar-refractivity contribution is -0.258. The Morgan fingerprint density at radius 1 is 0.821 bits per heavy atom. The number of esters is 1. The number of fused-ring (bicyclic) bond motifs is 5. The van der Waals surface area contributed by atoms with Crippen LogP contribution in [-0.4, -0.2) is 36.7 Å². The molecule has 1 N–H and O–H groups in total.